The van der Waals surface area contributed by atoms with E-state index < -0.39 is 11.6 Å². The van der Waals surface area contributed by atoms with Gasteiger partial charge in [0.05, 0.1) is 0 Å². The highest BCUT2D eigenvalue weighted by Gasteiger charge is 2.41. The van der Waals surface area contributed by atoms with Crippen molar-refractivity contribution in [2.24, 2.45) is 0 Å². The molecule has 1 fully saturated rings. The maximum Gasteiger partial charge on any atom is 0.329 e. The largest absolute Gasteiger partial charge is 0.458 e. The molecule has 1 aromatic rings. The summed E-state index contributed by atoms with van der Waals surface area (Å²) in [5, 5.41) is 4.66. The van der Waals surface area contributed by atoms with E-state index in [1.807, 2.05) is 38.3 Å². The van der Waals surface area contributed by atoms with Crippen molar-refractivity contribution in [2.75, 3.05) is 0 Å². The van der Waals surface area contributed by atoms with Gasteiger partial charge in [0.15, 0.2) is 0 Å². The summed E-state index contributed by atoms with van der Waals surface area (Å²) >= 11 is 1.56. The standard InChI is InChI=1S/C13H17NO3S/c1-13(2,3)17-12(16)11-8(7-10(15)14-11)9-5-4-6-18-9/h4-6,8,11H,7H2,1-3H3,(H,14,15)/t8-,11+/m0/s1. The van der Waals surface area contributed by atoms with Crippen molar-refractivity contribution in [1.29, 1.82) is 0 Å². The molecule has 0 bridgehead atoms. The lowest BCUT2D eigenvalue weighted by Gasteiger charge is -2.24. The molecule has 0 aromatic carbocycles. The van der Waals surface area contributed by atoms with Crippen molar-refractivity contribution in [3.63, 3.8) is 0 Å². The Balaban J connectivity index is 2.15. The monoisotopic (exact) mass is 267 g/mol. The van der Waals surface area contributed by atoms with Crippen LogP contribution in [0.2, 0.25) is 0 Å². The average Bonchev–Trinajstić information content (AvgIpc) is 2.82. The molecule has 1 saturated heterocycles. The number of hydrogen-bond donors (Lipinski definition) is 1. The molecule has 0 aliphatic carbocycles. The molecule has 1 amide bonds. The van der Waals surface area contributed by atoms with Crippen LogP contribution in [0.15, 0.2) is 17.5 Å². The molecule has 1 N–H and O–H groups in total. The van der Waals surface area contributed by atoms with E-state index in [2.05, 4.69) is 5.32 Å². The predicted octanol–water partition coefficient (Wildman–Crippen LogP) is 2.06. The maximum absolute atomic E-state index is 12.1. The molecule has 0 radical (unpaired) electrons. The molecule has 2 rings (SSSR count). The number of rotatable bonds is 2. The van der Waals surface area contributed by atoms with E-state index in [1.54, 1.807) is 11.3 Å². The normalized spacial score (nSPS) is 23.8. The molecule has 1 aromatic heterocycles. The SMILES string of the molecule is CC(C)(C)OC(=O)[C@@H]1NC(=O)C[C@H]1c1cccs1. The van der Waals surface area contributed by atoms with Gasteiger partial charge in [-0.25, -0.2) is 4.79 Å². The minimum Gasteiger partial charge on any atom is -0.458 e. The van der Waals surface area contributed by atoms with Crippen molar-refractivity contribution >= 4 is 23.2 Å². The number of carbonyl (C=O) groups is 2. The molecule has 2 atom stereocenters. The van der Waals surface area contributed by atoms with Gasteiger partial charge in [0, 0.05) is 17.2 Å². The highest BCUT2D eigenvalue weighted by molar-refractivity contribution is 7.10. The second-order valence-electron chi connectivity index (χ2n) is 5.40. The summed E-state index contributed by atoms with van der Waals surface area (Å²) in [5.74, 6) is -0.552. The average molecular weight is 267 g/mol. The molecule has 18 heavy (non-hydrogen) atoms. The number of amides is 1. The Hall–Kier alpha value is -1.36. The number of esters is 1. The summed E-state index contributed by atoms with van der Waals surface area (Å²) in [4.78, 5) is 24.6. The van der Waals surface area contributed by atoms with E-state index in [9.17, 15) is 9.59 Å². The van der Waals surface area contributed by atoms with Crippen molar-refractivity contribution in [3.05, 3.63) is 22.4 Å². The Kier molecular flexibility index (Phi) is 3.43. The third-order valence-electron chi connectivity index (χ3n) is 2.69. The summed E-state index contributed by atoms with van der Waals surface area (Å²) < 4.78 is 5.35. The third kappa shape index (κ3) is 2.90. The molecule has 1 aliphatic rings. The first-order chi connectivity index (χ1) is 8.37. The van der Waals surface area contributed by atoms with E-state index in [0.717, 1.165) is 4.88 Å². The fraction of sp³-hybridized carbons (Fsp3) is 0.538. The molecule has 0 spiro atoms. The summed E-state index contributed by atoms with van der Waals surface area (Å²) in [7, 11) is 0. The van der Waals surface area contributed by atoms with Gasteiger partial charge in [-0.2, -0.15) is 0 Å². The molecule has 0 unspecified atom stereocenters. The lowest BCUT2D eigenvalue weighted by Crippen LogP contribution is -2.40. The Morgan fingerprint density at radius 2 is 2.22 bits per heavy atom. The minimum atomic E-state index is -0.560. The van der Waals surface area contributed by atoms with Gasteiger partial charge < -0.3 is 10.1 Å². The van der Waals surface area contributed by atoms with Gasteiger partial charge in [0.1, 0.15) is 11.6 Å². The van der Waals surface area contributed by atoms with Gasteiger partial charge in [-0.1, -0.05) is 6.07 Å². The number of hydrogen-bond acceptors (Lipinski definition) is 4. The van der Waals surface area contributed by atoms with Crippen molar-refractivity contribution in [3.8, 4) is 0 Å². The van der Waals surface area contributed by atoms with Gasteiger partial charge in [0.25, 0.3) is 0 Å². The Morgan fingerprint density at radius 1 is 1.50 bits per heavy atom. The smallest absolute Gasteiger partial charge is 0.329 e. The van der Waals surface area contributed by atoms with Crippen molar-refractivity contribution in [1.82, 2.24) is 5.32 Å². The topological polar surface area (TPSA) is 55.4 Å². The van der Waals surface area contributed by atoms with Gasteiger partial charge in [-0.3, -0.25) is 4.79 Å². The highest BCUT2D eigenvalue weighted by atomic mass is 32.1. The fourth-order valence-electron chi connectivity index (χ4n) is 2.01. The fourth-order valence-corrected chi connectivity index (χ4v) is 2.87. The van der Waals surface area contributed by atoms with Crippen LogP contribution in [0.4, 0.5) is 0 Å². The van der Waals surface area contributed by atoms with Crippen LogP contribution in [0.25, 0.3) is 0 Å². The molecule has 5 heteroatoms. The van der Waals surface area contributed by atoms with E-state index in [1.165, 1.54) is 0 Å². The summed E-state index contributed by atoms with van der Waals surface area (Å²) in [5.41, 5.74) is -0.537. The van der Waals surface area contributed by atoms with Gasteiger partial charge >= 0.3 is 5.97 Å². The molecular formula is C13H17NO3S. The number of thiophene rings is 1. The number of nitrogens with one attached hydrogen (secondary N) is 1. The van der Waals surface area contributed by atoms with E-state index in [4.69, 9.17) is 4.74 Å². The third-order valence-corrected chi connectivity index (χ3v) is 3.70. The first-order valence-electron chi connectivity index (χ1n) is 5.92. The first-order valence-corrected chi connectivity index (χ1v) is 6.80. The zero-order valence-electron chi connectivity index (χ0n) is 10.7. The lowest BCUT2D eigenvalue weighted by atomic mass is 9.98. The summed E-state index contributed by atoms with van der Waals surface area (Å²) in [6, 6.07) is 3.32. The van der Waals surface area contributed by atoms with Gasteiger partial charge in [0.2, 0.25) is 5.91 Å². The number of carbonyl (C=O) groups excluding carboxylic acids is 2. The lowest BCUT2D eigenvalue weighted by molar-refractivity contribution is -0.157. The van der Waals surface area contributed by atoms with Gasteiger partial charge in [-0.05, 0) is 32.2 Å². The van der Waals surface area contributed by atoms with Crippen LogP contribution in [0, 0.1) is 0 Å². The van der Waals surface area contributed by atoms with Crippen LogP contribution >= 0.6 is 11.3 Å². The quantitative estimate of drug-likeness (QED) is 0.834. The van der Waals surface area contributed by atoms with E-state index >= 15 is 0 Å². The first kappa shape index (κ1) is 13.1. The van der Waals surface area contributed by atoms with Crippen LogP contribution in [0.5, 0.6) is 0 Å². The second kappa shape index (κ2) is 4.72. The van der Waals surface area contributed by atoms with E-state index in [0.29, 0.717) is 6.42 Å². The van der Waals surface area contributed by atoms with Crippen molar-refractivity contribution in [2.45, 2.75) is 44.8 Å². The van der Waals surface area contributed by atoms with Crippen LogP contribution in [0.3, 0.4) is 0 Å². The van der Waals surface area contributed by atoms with Crippen LogP contribution in [-0.4, -0.2) is 23.5 Å². The second-order valence-corrected chi connectivity index (χ2v) is 6.38. The zero-order chi connectivity index (χ0) is 13.3. The molecule has 2 heterocycles. The van der Waals surface area contributed by atoms with Crippen molar-refractivity contribution < 1.29 is 14.3 Å². The Labute approximate surface area is 110 Å². The highest BCUT2D eigenvalue weighted by Crippen LogP contribution is 2.32. The Bertz CT molecular complexity index is 447. The summed E-state index contributed by atoms with van der Waals surface area (Å²) in [6.07, 6.45) is 0.352. The zero-order valence-corrected chi connectivity index (χ0v) is 11.5. The summed E-state index contributed by atoms with van der Waals surface area (Å²) in [6.45, 7) is 5.46. The maximum atomic E-state index is 12.1. The predicted molar refractivity (Wildman–Crippen MR) is 69.5 cm³/mol. The number of ether oxygens (including phenoxy) is 1. The van der Waals surface area contributed by atoms with E-state index in [-0.39, 0.29) is 17.8 Å². The van der Waals surface area contributed by atoms with Gasteiger partial charge in [-0.15, -0.1) is 11.3 Å². The minimum absolute atomic E-state index is 0.0933. The van der Waals surface area contributed by atoms with Crippen LogP contribution in [0.1, 0.15) is 38.0 Å². The molecule has 1 aliphatic heterocycles. The Morgan fingerprint density at radius 3 is 2.78 bits per heavy atom. The molecule has 4 nitrogen and oxygen atoms in total. The van der Waals surface area contributed by atoms with Crippen LogP contribution in [-0.2, 0) is 14.3 Å². The molecule has 98 valence electrons. The molecular weight excluding hydrogens is 250 g/mol. The molecule has 0 saturated carbocycles. The van der Waals surface area contributed by atoms with Crippen LogP contribution < -0.4 is 5.32 Å².